The van der Waals surface area contributed by atoms with E-state index >= 15 is 0 Å². The third kappa shape index (κ3) is 5.42. The molecule has 1 saturated heterocycles. The molecule has 1 heterocycles. The molecule has 142 valence electrons. The van der Waals surface area contributed by atoms with Crippen molar-refractivity contribution in [2.75, 3.05) is 32.8 Å². The van der Waals surface area contributed by atoms with Gasteiger partial charge in [-0.2, -0.15) is 0 Å². The number of piperidine rings is 1. The summed E-state index contributed by atoms with van der Waals surface area (Å²) in [6.07, 6.45) is 10.2. The summed E-state index contributed by atoms with van der Waals surface area (Å²) in [5, 5.41) is 9.38. The predicted molar refractivity (Wildman–Crippen MR) is 105 cm³/mol. The SMILES string of the molecule is O=C(C1CCN(C[C@H]2CC=CCC2)CC1)N(CCO)Cc1ccccc1. The second kappa shape index (κ2) is 9.89. The standard InChI is InChI=1S/C22H32N2O2/c25-16-15-24(18-20-9-5-2-6-10-20)22(26)21-11-13-23(14-12-21)17-19-7-3-1-4-8-19/h1-3,5-6,9-10,19,21,25H,4,7-8,11-18H2/t19-/m0/s1. The van der Waals surface area contributed by atoms with Crippen LogP contribution in [0.25, 0.3) is 0 Å². The third-order valence-corrected chi connectivity index (χ3v) is 5.73. The average molecular weight is 357 g/mol. The monoisotopic (exact) mass is 356 g/mol. The number of benzene rings is 1. The first kappa shape index (κ1) is 19.1. The smallest absolute Gasteiger partial charge is 0.226 e. The lowest BCUT2D eigenvalue weighted by atomic mass is 9.91. The van der Waals surface area contributed by atoms with Gasteiger partial charge in [0.2, 0.25) is 5.91 Å². The number of aliphatic hydroxyl groups excluding tert-OH is 1. The van der Waals surface area contributed by atoms with Gasteiger partial charge in [0.25, 0.3) is 0 Å². The largest absolute Gasteiger partial charge is 0.395 e. The lowest BCUT2D eigenvalue weighted by Crippen LogP contribution is -2.44. The zero-order valence-corrected chi connectivity index (χ0v) is 15.7. The fourth-order valence-electron chi connectivity index (χ4n) is 4.20. The normalized spacial score (nSPS) is 21.7. The summed E-state index contributed by atoms with van der Waals surface area (Å²) < 4.78 is 0. The van der Waals surface area contributed by atoms with E-state index in [1.165, 1.54) is 25.8 Å². The van der Waals surface area contributed by atoms with E-state index in [9.17, 15) is 9.90 Å². The van der Waals surface area contributed by atoms with Gasteiger partial charge in [-0.05, 0) is 56.7 Å². The molecule has 1 fully saturated rings. The number of likely N-dealkylation sites (tertiary alicyclic amines) is 1. The Balaban J connectivity index is 1.49. The van der Waals surface area contributed by atoms with Crippen LogP contribution in [0.2, 0.25) is 0 Å². The van der Waals surface area contributed by atoms with Crippen LogP contribution in [0, 0.1) is 11.8 Å². The highest BCUT2D eigenvalue weighted by atomic mass is 16.3. The van der Waals surface area contributed by atoms with Gasteiger partial charge in [-0.1, -0.05) is 42.5 Å². The molecule has 1 N–H and O–H groups in total. The van der Waals surface area contributed by atoms with Crippen LogP contribution >= 0.6 is 0 Å². The Hall–Kier alpha value is -1.65. The Bertz CT molecular complexity index is 579. The molecule has 4 nitrogen and oxygen atoms in total. The molecule has 3 rings (SSSR count). The van der Waals surface area contributed by atoms with E-state index in [1.807, 2.05) is 35.2 Å². The lowest BCUT2D eigenvalue weighted by molar-refractivity contribution is -0.138. The van der Waals surface area contributed by atoms with Gasteiger partial charge in [0.05, 0.1) is 6.61 Å². The van der Waals surface area contributed by atoms with Crippen molar-refractivity contribution in [2.24, 2.45) is 11.8 Å². The Morgan fingerprint density at radius 1 is 1.12 bits per heavy atom. The summed E-state index contributed by atoms with van der Waals surface area (Å²) in [5.41, 5.74) is 1.12. The molecule has 0 spiro atoms. The topological polar surface area (TPSA) is 43.8 Å². The molecule has 0 aromatic heterocycles. The Labute approximate surface area is 157 Å². The Morgan fingerprint density at radius 2 is 1.88 bits per heavy atom. The minimum atomic E-state index is 0.0205. The summed E-state index contributed by atoms with van der Waals surface area (Å²) in [7, 11) is 0. The lowest BCUT2D eigenvalue weighted by Gasteiger charge is -2.36. The van der Waals surface area contributed by atoms with E-state index < -0.39 is 0 Å². The van der Waals surface area contributed by atoms with Crippen LogP contribution in [0.3, 0.4) is 0 Å². The molecular formula is C22H32N2O2. The molecule has 0 unspecified atom stereocenters. The number of amides is 1. The fourth-order valence-corrected chi connectivity index (χ4v) is 4.20. The van der Waals surface area contributed by atoms with Gasteiger partial charge >= 0.3 is 0 Å². The third-order valence-electron chi connectivity index (χ3n) is 5.73. The number of carbonyl (C=O) groups is 1. The van der Waals surface area contributed by atoms with Crippen LogP contribution in [0.1, 0.15) is 37.7 Å². The molecule has 4 heteroatoms. The van der Waals surface area contributed by atoms with Gasteiger partial charge in [0.1, 0.15) is 0 Å². The maximum atomic E-state index is 13.0. The maximum absolute atomic E-state index is 13.0. The molecule has 0 bridgehead atoms. The Kier molecular flexibility index (Phi) is 7.27. The average Bonchev–Trinajstić information content (AvgIpc) is 2.69. The van der Waals surface area contributed by atoms with Crippen molar-refractivity contribution < 1.29 is 9.90 Å². The number of nitrogens with zero attached hydrogens (tertiary/aromatic N) is 2. The van der Waals surface area contributed by atoms with Gasteiger partial charge in [0, 0.05) is 25.6 Å². The van der Waals surface area contributed by atoms with Crippen LogP contribution in [0.5, 0.6) is 0 Å². The van der Waals surface area contributed by atoms with E-state index in [0.29, 0.717) is 13.1 Å². The van der Waals surface area contributed by atoms with E-state index in [2.05, 4.69) is 17.1 Å². The first-order valence-corrected chi connectivity index (χ1v) is 10.1. The van der Waals surface area contributed by atoms with Crippen molar-refractivity contribution in [3.05, 3.63) is 48.0 Å². The minimum absolute atomic E-state index is 0.0205. The van der Waals surface area contributed by atoms with E-state index in [0.717, 1.165) is 37.4 Å². The first-order valence-electron chi connectivity index (χ1n) is 10.1. The van der Waals surface area contributed by atoms with E-state index in [4.69, 9.17) is 0 Å². The molecule has 1 amide bonds. The first-order chi connectivity index (χ1) is 12.8. The van der Waals surface area contributed by atoms with Gasteiger partial charge in [-0.15, -0.1) is 0 Å². The van der Waals surface area contributed by atoms with Crippen molar-refractivity contribution in [3.63, 3.8) is 0 Å². The number of aliphatic hydroxyl groups is 1. The molecule has 2 aliphatic rings. The van der Waals surface area contributed by atoms with Crippen molar-refractivity contribution in [3.8, 4) is 0 Å². The maximum Gasteiger partial charge on any atom is 0.226 e. The molecule has 1 aromatic carbocycles. The van der Waals surface area contributed by atoms with Crippen LogP contribution in [-0.2, 0) is 11.3 Å². The highest BCUT2D eigenvalue weighted by Crippen LogP contribution is 2.24. The van der Waals surface area contributed by atoms with Gasteiger partial charge < -0.3 is 14.9 Å². The summed E-state index contributed by atoms with van der Waals surface area (Å²) in [6.45, 7) is 4.25. The molecular weight excluding hydrogens is 324 g/mol. The molecule has 1 aromatic rings. The summed E-state index contributed by atoms with van der Waals surface area (Å²) >= 11 is 0. The zero-order valence-electron chi connectivity index (χ0n) is 15.7. The number of allylic oxidation sites excluding steroid dienone is 2. The number of hydrogen-bond donors (Lipinski definition) is 1. The summed E-state index contributed by atoms with van der Waals surface area (Å²) in [5.74, 6) is 1.10. The van der Waals surface area contributed by atoms with Crippen LogP contribution in [-0.4, -0.2) is 53.6 Å². The number of rotatable bonds is 7. The van der Waals surface area contributed by atoms with Crippen molar-refractivity contribution in [1.29, 1.82) is 0 Å². The summed E-state index contributed by atoms with van der Waals surface area (Å²) in [6, 6.07) is 10.1. The molecule has 1 atom stereocenters. The second-order valence-corrected chi connectivity index (χ2v) is 7.69. The second-order valence-electron chi connectivity index (χ2n) is 7.69. The quantitative estimate of drug-likeness (QED) is 0.764. The highest BCUT2D eigenvalue weighted by molar-refractivity contribution is 5.79. The number of hydrogen-bond acceptors (Lipinski definition) is 3. The van der Waals surface area contributed by atoms with Gasteiger partial charge in [-0.25, -0.2) is 0 Å². The van der Waals surface area contributed by atoms with Crippen molar-refractivity contribution in [2.45, 2.75) is 38.6 Å². The molecule has 26 heavy (non-hydrogen) atoms. The Morgan fingerprint density at radius 3 is 2.54 bits per heavy atom. The number of carbonyl (C=O) groups excluding carboxylic acids is 1. The van der Waals surface area contributed by atoms with Gasteiger partial charge in [-0.3, -0.25) is 4.79 Å². The van der Waals surface area contributed by atoms with Crippen LogP contribution < -0.4 is 0 Å². The summed E-state index contributed by atoms with van der Waals surface area (Å²) in [4.78, 5) is 17.4. The van der Waals surface area contributed by atoms with E-state index in [1.54, 1.807) is 0 Å². The van der Waals surface area contributed by atoms with Crippen molar-refractivity contribution in [1.82, 2.24) is 9.80 Å². The minimum Gasteiger partial charge on any atom is -0.395 e. The van der Waals surface area contributed by atoms with Crippen LogP contribution in [0.15, 0.2) is 42.5 Å². The molecule has 1 aliphatic carbocycles. The molecule has 0 saturated carbocycles. The zero-order chi connectivity index (χ0) is 18.2. The highest BCUT2D eigenvalue weighted by Gasteiger charge is 2.29. The van der Waals surface area contributed by atoms with Crippen LogP contribution in [0.4, 0.5) is 0 Å². The van der Waals surface area contributed by atoms with Crippen molar-refractivity contribution >= 4 is 5.91 Å². The molecule has 1 aliphatic heterocycles. The molecule has 0 radical (unpaired) electrons. The fraction of sp³-hybridized carbons (Fsp3) is 0.591. The van der Waals surface area contributed by atoms with Gasteiger partial charge in [0.15, 0.2) is 0 Å². The predicted octanol–water partition coefficient (Wildman–Crippen LogP) is 3.08. The van der Waals surface area contributed by atoms with E-state index in [-0.39, 0.29) is 18.4 Å².